The van der Waals surface area contributed by atoms with Gasteiger partial charge in [-0.05, 0) is 13.0 Å². The number of benzene rings is 1. The fraction of sp³-hybridized carbons (Fsp3) is 0.154. The van der Waals surface area contributed by atoms with Crippen LogP contribution in [0.1, 0.15) is 11.5 Å². The number of fused-ring (bicyclic) bond motifs is 3. The first-order chi connectivity index (χ1) is 8.97. The van der Waals surface area contributed by atoms with Crippen LogP contribution in [0.15, 0.2) is 30.5 Å². The Morgan fingerprint density at radius 3 is 2.47 bits per heavy atom. The molecule has 0 fully saturated rings. The predicted octanol–water partition coefficient (Wildman–Crippen LogP) is 3.51. The monoisotopic (exact) mass is 263 g/mol. The molecule has 3 nitrogen and oxygen atoms in total. The van der Waals surface area contributed by atoms with E-state index < -0.39 is 11.9 Å². The Bertz CT molecular complexity index is 781. The minimum Gasteiger partial charge on any atom is -0.255 e. The van der Waals surface area contributed by atoms with Crippen molar-refractivity contribution in [2.24, 2.45) is 0 Å². The molecule has 96 valence electrons. The van der Waals surface area contributed by atoms with Crippen LogP contribution in [0, 0.1) is 6.92 Å². The second kappa shape index (κ2) is 3.88. The van der Waals surface area contributed by atoms with Gasteiger partial charge < -0.3 is 0 Å². The Labute approximate surface area is 106 Å². The smallest absolute Gasteiger partial charge is 0.255 e. The van der Waals surface area contributed by atoms with Gasteiger partial charge in [0, 0.05) is 11.6 Å². The summed E-state index contributed by atoms with van der Waals surface area (Å²) in [5.74, 6) is 0.0937. The Kier molecular flexibility index (Phi) is 2.41. The molecule has 3 rings (SSSR count). The minimum absolute atomic E-state index is 0.0724. The molecule has 0 atom stereocenters. The normalized spacial score (nSPS) is 12.2. The van der Waals surface area contributed by atoms with Crippen LogP contribution in [0.5, 0.6) is 0 Å². The van der Waals surface area contributed by atoms with Gasteiger partial charge in [0.25, 0.3) is 0 Å². The highest BCUT2D eigenvalue weighted by atomic mass is 19.4. The molecule has 0 aliphatic carbocycles. The molecule has 0 spiro atoms. The third kappa shape index (κ3) is 1.89. The number of nitrogens with zero attached hydrogens (tertiary/aromatic N) is 3. The maximum absolute atomic E-state index is 13.0. The summed E-state index contributed by atoms with van der Waals surface area (Å²) in [6.45, 7) is 1.45. The Balaban J connectivity index is 2.52. The zero-order chi connectivity index (χ0) is 13.6. The van der Waals surface area contributed by atoms with Crippen LogP contribution in [0.25, 0.3) is 21.8 Å². The van der Waals surface area contributed by atoms with Crippen molar-refractivity contribution in [3.63, 3.8) is 0 Å². The maximum Gasteiger partial charge on any atom is 0.434 e. The fourth-order valence-electron chi connectivity index (χ4n) is 2.05. The first kappa shape index (κ1) is 11.8. The number of halogens is 3. The maximum atomic E-state index is 13.0. The van der Waals surface area contributed by atoms with E-state index in [4.69, 9.17) is 0 Å². The van der Waals surface area contributed by atoms with Crippen molar-refractivity contribution in [1.82, 2.24) is 15.0 Å². The largest absolute Gasteiger partial charge is 0.434 e. The molecule has 0 saturated heterocycles. The molecule has 0 radical (unpaired) electrons. The van der Waals surface area contributed by atoms with Gasteiger partial charge in [0.1, 0.15) is 5.82 Å². The zero-order valence-corrected chi connectivity index (χ0v) is 9.86. The fourth-order valence-corrected chi connectivity index (χ4v) is 2.05. The third-order valence-electron chi connectivity index (χ3n) is 2.82. The van der Waals surface area contributed by atoms with Gasteiger partial charge in [0.15, 0.2) is 5.69 Å². The van der Waals surface area contributed by atoms with E-state index in [-0.39, 0.29) is 16.7 Å². The number of alkyl halides is 3. The van der Waals surface area contributed by atoms with E-state index in [0.29, 0.717) is 10.9 Å². The molecule has 0 saturated carbocycles. The molecule has 2 aromatic heterocycles. The summed E-state index contributed by atoms with van der Waals surface area (Å²) >= 11 is 0. The minimum atomic E-state index is -4.52. The van der Waals surface area contributed by atoms with E-state index >= 15 is 0 Å². The van der Waals surface area contributed by atoms with Crippen molar-refractivity contribution >= 4 is 21.8 Å². The zero-order valence-electron chi connectivity index (χ0n) is 9.86. The molecule has 3 aromatic rings. The highest BCUT2D eigenvalue weighted by Crippen LogP contribution is 2.34. The highest BCUT2D eigenvalue weighted by Gasteiger charge is 2.35. The molecule has 0 unspecified atom stereocenters. The van der Waals surface area contributed by atoms with Crippen molar-refractivity contribution in [2.75, 3.05) is 0 Å². The van der Waals surface area contributed by atoms with Gasteiger partial charge in [-0.3, -0.25) is 4.98 Å². The lowest BCUT2D eigenvalue weighted by molar-refractivity contribution is -0.139. The molecule has 1 aromatic carbocycles. The summed E-state index contributed by atoms with van der Waals surface area (Å²) in [4.78, 5) is 11.7. The van der Waals surface area contributed by atoms with Crippen LogP contribution < -0.4 is 0 Å². The summed E-state index contributed by atoms with van der Waals surface area (Å²) in [5, 5.41) is 0.521. The van der Waals surface area contributed by atoms with Gasteiger partial charge in [-0.25, -0.2) is 9.97 Å². The van der Waals surface area contributed by atoms with E-state index in [2.05, 4.69) is 15.0 Å². The quantitative estimate of drug-likeness (QED) is 0.582. The lowest BCUT2D eigenvalue weighted by atomic mass is 10.1. The first-order valence-corrected chi connectivity index (χ1v) is 5.56. The van der Waals surface area contributed by atoms with Crippen LogP contribution in [0.3, 0.4) is 0 Å². The predicted molar refractivity (Wildman–Crippen MR) is 64.6 cm³/mol. The van der Waals surface area contributed by atoms with E-state index in [1.165, 1.54) is 13.1 Å². The second-order valence-corrected chi connectivity index (χ2v) is 4.15. The van der Waals surface area contributed by atoms with Crippen molar-refractivity contribution in [2.45, 2.75) is 13.1 Å². The van der Waals surface area contributed by atoms with Crippen molar-refractivity contribution in [3.8, 4) is 0 Å². The Morgan fingerprint density at radius 1 is 1.00 bits per heavy atom. The van der Waals surface area contributed by atoms with Crippen molar-refractivity contribution in [3.05, 3.63) is 42.0 Å². The van der Waals surface area contributed by atoms with Gasteiger partial charge in [-0.15, -0.1) is 0 Å². The van der Waals surface area contributed by atoms with Gasteiger partial charge >= 0.3 is 6.18 Å². The highest BCUT2D eigenvalue weighted by molar-refractivity contribution is 6.03. The molecule has 0 N–H and O–H groups in total. The van der Waals surface area contributed by atoms with Crippen molar-refractivity contribution < 1.29 is 13.2 Å². The van der Waals surface area contributed by atoms with Crippen LogP contribution in [-0.4, -0.2) is 15.0 Å². The number of rotatable bonds is 0. The lowest BCUT2D eigenvalue weighted by Gasteiger charge is -2.11. The number of hydrogen-bond acceptors (Lipinski definition) is 3. The van der Waals surface area contributed by atoms with E-state index in [1.54, 1.807) is 24.3 Å². The average molecular weight is 263 g/mol. The summed E-state index contributed by atoms with van der Waals surface area (Å²) in [6.07, 6.45) is -3.34. The Morgan fingerprint density at radius 2 is 1.74 bits per heavy atom. The molecule has 19 heavy (non-hydrogen) atoms. The van der Waals surface area contributed by atoms with Crippen LogP contribution >= 0.6 is 0 Å². The molecule has 6 heteroatoms. The number of aryl methyl sites for hydroxylation is 1. The van der Waals surface area contributed by atoms with Crippen molar-refractivity contribution in [1.29, 1.82) is 0 Å². The molecular formula is C13H8F3N3. The van der Waals surface area contributed by atoms with Crippen LogP contribution in [-0.2, 0) is 6.18 Å². The summed E-state index contributed by atoms with van der Waals surface area (Å²) in [5.41, 5.74) is -0.0418. The molecular weight excluding hydrogens is 255 g/mol. The number of hydrogen-bond donors (Lipinski definition) is 0. The summed E-state index contributed by atoms with van der Waals surface area (Å²) < 4.78 is 38.9. The Hall–Kier alpha value is -2.24. The van der Waals surface area contributed by atoms with Crippen LogP contribution in [0.2, 0.25) is 0 Å². The van der Waals surface area contributed by atoms with E-state index in [0.717, 1.165) is 0 Å². The molecule has 0 amide bonds. The second-order valence-electron chi connectivity index (χ2n) is 4.15. The topological polar surface area (TPSA) is 38.7 Å². The van der Waals surface area contributed by atoms with Gasteiger partial charge in [-0.1, -0.05) is 18.2 Å². The van der Waals surface area contributed by atoms with E-state index in [9.17, 15) is 13.2 Å². The summed E-state index contributed by atoms with van der Waals surface area (Å²) in [6, 6.07) is 6.96. The molecule has 0 bridgehead atoms. The van der Waals surface area contributed by atoms with Gasteiger partial charge in [-0.2, -0.15) is 13.2 Å². The van der Waals surface area contributed by atoms with Gasteiger partial charge in [0.05, 0.1) is 16.4 Å². The molecule has 0 aliphatic heterocycles. The standard InChI is InChI=1S/C13H8F3N3/c1-7-18-11-8-4-2-3-5-10(8)17-6-9(11)12(19-7)13(14,15)16/h2-6H,1H3. The van der Waals surface area contributed by atoms with Gasteiger partial charge in [0.2, 0.25) is 0 Å². The third-order valence-corrected chi connectivity index (χ3v) is 2.82. The number of para-hydroxylation sites is 1. The lowest BCUT2D eigenvalue weighted by Crippen LogP contribution is -2.11. The average Bonchev–Trinajstić information content (AvgIpc) is 2.36. The first-order valence-electron chi connectivity index (χ1n) is 5.56. The molecule has 0 aliphatic rings. The number of pyridine rings is 1. The SMILES string of the molecule is Cc1nc(C(F)(F)F)c2cnc3ccccc3c2n1. The molecule has 2 heterocycles. The van der Waals surface area contributed by atoms with Crippen LogP contribution in [0.4, 0.5) is 13.2 Å². The van der Waals surface area contributed by atoms with E-state index in [1.807, 2.05) is 0 Å². The summed E-state index contributed by atoms with van der Waals surface area (Å²) in [7, 11) is 0. The number of aromatic nitrogens is 3.